The van der Waals surface area contributed by atoms with Crippen LogP contribution in [-0.4, -0.2) is 93.5 Å². The van der Waals surface area contributed by atoms with E-state index in [9.17, 15) is 10.1 Å². The van der Waals surface area contributed by atoms with Crippen LogP contribution in [-0.2, 0) is 9.47 Å². The largest absolute Gasteiger partial charge is 0.383 e. The number of anilines is 2. The maximum Gasteiger partial charge on any atom is 0.353 e. The van der Waals surface area contributed by atoms with Crippen molar-refractivity contribution in [3.05, 3.63) is 16.4 Å². The molecule has 0 N–H and O–H groups in total. The summed E-state index contributed by atoms with van der Waals surface area (Å²) in [5, 5.41) is 11.9. The molecule has 27 heavy (non-hydrogen) atoms. The fourth-order valence-electron chi connectivity index (χ4n) is 3.30. The van der Waals surface area contributed by atoms with Crippen molar-refractivity contribution in [3.8, 4) is 0 Å². The van der Waals surface area contributed by atoms with Crippen molar-refractivity contribution in [2.75, 3.05) is 77.5 Å². The molecule has 2 heterocycles. The summed E-state index contributed by atoms with van der Waals surface area (Å²) in [6.07, 6.45) is 3.29. The van der Waals surface area contributed by atoms with Gasteiger partial charge in [0.1, 0.15) is 6.33 Å². The van der Waals surface area contributed by atoms with E-state index in [0.29, 0.717) is 37.9 Å². The average molecular weight is 382 g/mol. The summed E-state index contributed by atoms with van der Waals surface area (Å²) in [6, 6.07) is 0.217. The third-order valence-electron chi connectivity index (χ3n) is 4.97. The Morgan fingerprint density at radius 3 is 2.26 bits per heavy atom. The molecule has 0 unspecified atom stereocenters. The quantitative estimate of drug-likeness (QED) is 0.434. The number of nitrogens with zero attached hydrogens (tertiary/aromatic N) is 6. The van der Waals surface area contributed by atoms with Crippen LogP contribution in [0.3, 0.4) is 0 Å². The summed E-state index contributed by atoms with van der Waals surface area (Å²) in [5.74, 6) is 0.665. The molecule has 1 aromatic heterocycles. The smallest absolute Gasteiger partial charge is 0.353 e. The molecule has 2 rings (SSSR count). The van der Waals surface area contributed by atoms with Gasteiger partial charge in [-0.05, 0) is 33.0 Å². The fraction of sp³-hybridized carbons (Fsp3) is 0.765. The third-order valence-corrected chi connectivity index (χ3v) is 4.97. The van der Waals surface area contributed by atoms with E-state index >= 15 is 0 Å². The fourth-order valence-corrected chi connectivity index (χ4v) is 3.30. The summed E-state index contributed by atoms with van der Waals surface area (Å²) >= 11 is 0. The summed E-state index contributed by atoms with van der Waals surface area (Å²) < 4.78 is 10.3. The van der Waals surface area contributed by atoms with Crippen molar-refractivity contribution in [1.29, 1.82) is 0 Å². The van der Waals surface area contributed by atoms with Gasteiger partial charge in [-0.25, -0.2) is 9.97 Å². The van der Waals surface area contributed by atoms with Crippen molar-refractivity contribution >= 4 is 17.3 Å². The minimum Gasteiger partial charge on any atom is -0.383 e. The lowest BCUT2D eigenvalue weighted by Crippen LogP contribution is -2.42. The second-order valence-electron chi connectivity index (χ2n) is 6.74. The third kappa shape index (κ3) is 5.47. The molecule has 10 heteroatoms. The molecular formula is C17H30N6O4. The molecule has 152 valence electrons. The number of aromatic nitrogens is 2. The number of hydrogen-bond acceptors (Lipinski definition) is 9. The predicted molar refractivity (Wildman–Crippen MR) is 104 cm³/mol. The second-order valence-corrected chi connectivity index (χ2v) is 6.74. The molecule has 1 aliphatic rings. The van der Waals surface area contributed by atoms with Crippen LogP contribution in [0.4, 0.5) is 17.3 Å². The van der Waals surface area contributed by atoms with Crippen molar-refractivity contribution in [1.82, 2.24) is 14.9 Å². The van der Waals surface area contributed by atoms with Crippen LogP contribution in [0.5, 0.6) is 0 Å². The van der Waals surface area contributed by atoms with Gasteiger partial charge in [0.2, 0.25) is 11.6 Å². The van der Waals surface area contributed by atoms with Crippen LogP contribution in [0, 0.1) is 10.1 Å². The first-order valence-corrected chi connectivity index (χ1v) is 9.13. The topological polar surface area (TPSA) is 97.1 Å². The van der Waals surface area contributed by atoms with E-state index in [1.807, 2.05) is 16.8 Å². The summed E-state index contributed by atoms with van der Waals surface area (Å²) in [5.41, 5.74) is -0.0638. The zero-order valence-electron chi connectivity index (χ0n) is 16.6. The lowest BCUT2D eigenvalue weighted by Gasteiger charge is -2.35. The van der Waals surface area contributed by atoms with E-state index in [-0.39, 0.29) is 16.7 Å². The van der Waals surface area contributed by atoms with Crippen LogP contribution < -0.4 is 9.80 Å². The van der Waals surface area contributed by atoms with Gasteiger partial charge in [0, 0.05) is 40.4 Å². The van der Waals surface area contributed by atoms with Gasteiger partial charge in [0.15, 0.2) is 0 Å². The van der Waals surface area contributed by atoms with Crippen molar-refractivity contribution < 1.29 is 14.4 Å². The van der Waals surface area contributed by atoms with Gasteiger partial charge < -0.3 is 24.2 Å². The minimum atomic E-state index is -0.386. The minimum absolute atomic E-state index is 0.0638. The second kappa shape index (κ2) is 10.3. The highest BCUT2D eigenvalue weighted by Gasteiger charge is 2.32. The molecule has 1 saturated heterocycles. The highest BCUT2D eigenvalue weighted by atomic mass is 16.6. The monoisotopic (exact) mass is 382 g/mol. The van der Waals surface area contributed by atoms with Gasteiger partial charge in [-0.3, -0.25) is 10.1 Å². The number of nitro groups is 1. The Labute approximate surface area is 160 Å². The Morgan fingerprint density at radius 2 is 1.74 bits per heavy atom. The Kier molecular flexibility index (Phi) is 8.14. The standard InChI is InChI=1S/C17H30N6O4/c1-20-7-5-14(6-8-20)21(2)16-15(23(24)25)17(19-13-18-16)22(9-11-26-3)10-12-27-4/h13-14H,5-12H2,1-4H3. The van der Waals surface area contributed by atoms with E-state index in [2.05, 4.69) is 21.9 Å². The van der Waals surface area contributed by atoms with Gasteiger partial charge in [-0.2, -0.15) is 0 Å². The van der Waals surface area contributed by atoms with Gasteiger partial charge in [-0.1, -0.05) is 0 Å². The van der Waals surface area contributed by atoms with Gasteiger partial charge >= 0.3 is 5.69 Å². The lowest BCUT2D eigenvalue weighted by molar-refractivity contribution is -0.383. The van der Waals surface area contributed by atoms with Crippen LogP contribution >= 0.6 is 0 Å². The molecular weight excluding hydrogens is 352 g/mol. The van der Waals surface area contributed by atoms with Crippen molar-refractivity contribution in [2.45, 2.75) is 18.9 Å². The Balaban J connectivity index is 2.35. The number of hydrogen-bond donors (Lipinski definition) is 0. The lowest BCUT2D eigenvalue weighted by atomic mass is 10.0. The maximum atomic E-state index is 11.9. The molecule has 0 spiro atoms. The molecule has 1 fully saturated rings. The number of piperidine rings is 1. The summed E-state index contributed by atoms with van der Waals surface area (Å²) in [6.45, 7) is 3.77. The first-order valence-electron chi connectivity index (χ1n) is 9.13. The van der Waals surface area contributed by atoms with Gasteiger partial charge in [0.25, 0.3) is 0 Å². The molecule has 0 aliphatic carbocycles. The molecule has 0 radical (unpaired) electrons. The van der Waals surface area contributed by atoms with E-state index in [1.54, 1.807) is 14.2 Å². The first kappa shape index (κ1) is 21.3. The number of likely N-dealkylation sites (tertiary alicyclic amines) is 1. The molecule has 10 nitrogen and oxygen atoms in total. The molecule has 0 amide bonds. The van der Waals surface area contributed by atoms with Crippen LogP contribution in [0.25, 0.3) is 0 Å². The Bertz CT molecular complexity index is 601. The van der Waals surface area contributed by atoms with E-state index in [0.717, 1.165) is 25.9 Å². The van der Waals surface area contributed by atoms with Gasteiger partial charge in [0.05, 0.1) is 18.1 Å². The molecule has 0 atom stereocenters. The zero-order chi connectivity index (χ0) is 19.8. The van der Waals surface area contributed by atoms with Crippen molar-refractivity contribution in [3.63, 3.8) is 0 Å². The average Bonchev–Trinajstić information content (AvgIpc) is 2.67. The Morgan fingerprint density at radius 1 is 1.19 bits per heavy atom. The SMILES string of the molecule is COCCN(CCOC)c1ncnc(N(C)C2CCN(C)CC2)c1[N+](=O)[O-]. The molecule has 0 bridgehead atoms. The van der Waals surface area contributed by atoms with E-state index < -0.39 is 0 Å². The number of rotatable bonds is 10. The zero-order valence-corrected chi connectivity index (χ0v) is 16.6. The normalized spacial score (nSPS) is 15.7. The number of ether oxygens (including phenoxy) is 2. The number of methoxy groups -OCH3 is 2. The molecule has 1 aliphatic heterocycles. The maximum absolute atomic E-state index is 11.9. The molecule has 0 saturated carbocycles. The van der Waals surface area contributed by atoms with Gasteiger partial charge in [-0.15, -0.1) is 0 Å². The predicted octanol–water partition coefficient (Wildman–Crippen LogP) is 1.01. The van der Waals surface area contributed by atoms with Crippen LogP contribution in [0.2, 0.25) is 0 Å². The molecule has 1 aromatic rings. The van der Waals surface area contributed by atoms with Crippen LogP contribution in [0.1, 0.15) is 12.8 Å². The summed E-state index contributed by atoms with van der Waals surface area (Å²) in [7, 11) is 7.17. The highest BCUT2D eigenvalue weighted by Crippen LogP contribution is 2.35. The van der Waals surface area contributed by atoms with Crippen molar-refractivity contribution in [2.24, 2.45) is 0 Å². The van der Waals surface area contributed by atoms with Crippen LogP contribution in [0.15, 0.2) is 6.33 Å². The highest BCUT2D eigenvalue weighted by molar-refractivity contribution is 5.71. The van der Waals surface area contributed by atoms with E-state index in [4.69, 9.17) is 9.47 Å². The molecule has 0 aromatic carbocycles. The van der Waals surface area contributed by atoms with E-state index in [1.165, 1.54) is 6.33 Å². The summed E-state index contributed by atoms with van der Waals surface area (Å²) in [4.78, 5) is 26.1. The Hall–Kier alpha value is -2.04. The first-order chi connectivity index (χ1) is 13.0.